The lowest BCUT2D eigenvalue weighted by Gasteiger charge is -2.43. The first-order chi connectivity index (χ1) is 15.2. The van der Waals surface area contributed by atoms with E-state index in [-0.39, 0.29) is 11.8 Å². The molecule has 3 atom stereocenters. The van der Waals surface area contributed by atoms with Gasteiger partial charge in [-0.15, -0.1) is 0 Å². The van der Waals surface area contributed by atoms with Crippen molar-refractivity contribution in [1.82, 2.24) is 0 Å². The molecule has 0 bridgehead atoms. The maximum atomic E-state index is 12.5. The van der Waals surface area contributed by atoms with E-state index in [0.717, 1.165) is 44.4 Å². The van der Waals surface area contributed by atoms with Crippen molar-refractivity contribution in [1.29, 1.82) is 0 Å². The lowest BCUT2D eigenvalue weighted by atomic mass is 9.59. The van der Waals surface area contributed by atoms with Gasteiger partial charge in [-0.3, -0.25) is 9.59 Å². The molecule has 0 amide bonds. The van der Waals surface area contributed by atoms with E-state index in [9.17, 15) is 19.8 Å². The van der Waals surface area contributed by atoms with Gasteiger partial charge in [0.2, 0.25) is 0 Å². The molecular weight excluding hydrogens is 400 g/mol. The Morgan fingerprint density at radius 3 is 1.78 bits per heavy atom. The van der Waals surface area contributed by atoms with Crippen molar-refractivity contribution in [3.63, 3.8) is 0 Å². The minimum atomic E-state index is -0.743. The summed E-state index contributed by atoms with van der Waals surface area (Å²) in [5, 5.41) is 19.8. The van der Waals surface area contributed by atoms with Crippen molar-refractivity contribution in [2.75, 3.05) is 0 Å². The van der Waals surface area contributed by atoms with Gasteiger partial charge in [0.1, 0.15) is 0 Å². The van der Waals surface area contributed by atoms with Gasteiger partial charge in [0.15, 0.2) is 0 Å². The topological polar surface area (TPSA) is 74.6 Å². The first-order valence-corrected chi connectivity index (χ1v) is 13.6. The van der Waals surface area contributed by atoms with Gasteiger partial charge in [0.25, 0.3) is 0 Å². The van der Waals surface area contributed by atoms with Gasteiger partial charge in [-0.25, -0.2) is 0 Å². The molecule has 0 heterocycles. The van der Waals surface area contributed by atoms with E-state index in [2.05, 4.69) is 27.7 Å². The highest BCUT2D eigenvalue weighted by molar-refractivity contribution is 5.76. The fourth-order valence-corrected chi connectivity index (χ4v) is 5.66. The molecule has 0 radical (unpaired) electrons. The van der Waals surface area contributed by atoms with Crippen LogP contribution in [0, 0.1) is 29.1 Å². The third kappa shape index (κ3) is 10.7. The van der Waals surface area contributed by atoms with Crippen LogP contribution in [0.3, 0.4) is 0 Å². The predicted octanol–water partition coefficient (Wildman–Crippen LogP) is 8.33. The fraction of sp³-hybridized carbons (Fsp3) is 0.929. The Morgan fingerprint density at radius 1 is 0.781 bits per heavy atom. The van der Waals surface area contributed by atoms with Crippen molar-refractivity contribution >= 4 is 11.9 Å². The summed E-state index contributed by atoms with van der Waals surface area (Å²) in [6.07, 6.45) is 17.5. The van der Waals surface area contributed by atoms with Gasteiger partial charge in [0.05, 0.1) is 11.3 Å². The van der Waals surface area contributed by atoms with Crippen LogP contribution >= 0.6 is 0 Å². The maximum absolute atomic E-state index is 12.5. The number of hydrogen-bond acceptors (Lipinski definition) is 2. The average molecular weight is 453 g/mol. The molecule has 32 heavy (non-hydrogen) atoms. The summed E-state index contributed by atoms with van der Waals surface area (Å²) in [4.78, 5) is 24.1. The zero-order valence-electron chi connectivity index (χ0n) is 21.5. The summed E-state index contributed by atoms with van der Waals surface area (Å²) in [7, 11) is 0. The largest absolute Gasteiger partial charge is 0.481 e. The van der Waals surface area contributed by atoms with Crippen LogP contribution in [0.5, 0.6) is 0 Å². The second kappa shape index (κ2) is 15.7. The van der Waals surface area contributed by atoms with Crippen LogP contribution in [-0.4, -0.2) is 22.2 Å². The van der Waals surface area contributed by atoms with Crippen LogP contribution in [0.2, 0.25) is 0 Å². The lowest BCUT2D eigenvalue weighted by Crippen LogP contribution is -2.44. The monoisotopic (exact) mass is 452 g/mol. The molecule has 1 fully saturated rings. The van der Waals surface area contributed by atoms with E-state index in [0.29, 0.717) is 31.6 Å². The normalized spacial score (nSPS) is 23.7. The van der Waals surface area contributed by atoms with Gasteiger partial charge in [0, 0.05) is 0 Å². The van der Waals surface area contributed by atoms with Crippen LogP contribution in [0.4, 0.5) is 0 Å². The van der Waals surface area contributed by atoms with Gasteiger partial charge in [-0.05, 0) is 49.9 Å². The first kappa shape index (κ1) is 29.0. The molecule has 2 N–H and O–H groups in total. The molecule has 1 aliphatic rings. The van der Waals surface area contributed by atoms with Crippen molar-refractivity contribution in [2.24, 2.45) is 29.1 Å². The Bertz CT molecular complexity index is 528. The van der Waals surface area contributed by atoms with E-state index in [1.165, 1.54) is 44.9 Å². The van der Waals surface area contributed by atoms with Crippen LogP contribution < -0.4 is 0 Å². The smallest absolute Gasteiger partial charge is 0.309 e. The van der Waals surface area contributed by atoms with E-state index < -0.39 is 17.4 Å². The molecule has 1 rings (SSSR count). The minimum Gasteiger partial charge on any atom is -0.481 e. The summed E-state index contributed by atoms with van der Waals surface area (Å²) in [6.45, 7) is 9.02. The molecular formula is C28H52O4. The van der Waals surface area contributed by atoms with Crippen LogP contribution in [0.15, 0.2) is 0 Å². The molecule has 3 unspecified atom stereocenters. The second-order valence-electron chi connectivity index (χ2n) is 11.4. The molecule has 0 aromatic carbocycles. The standard InChI is InChI=1S/C28H52O4/c1-22(2)15-11-8-6-5-7-9-13-17-25-21-24(26(29)30)18-20-28(25,27(31)32)19-14-10-12-16-23(3)4/h22-25H,5-21H2,1-4H3,(H,29,30)(H,31,32). The number of hydrogen-bond donors (Lipinski definition) is 2. The number of carbonyl (C=O) groups is 2. The van der Waals surface area contributed by atoms with Crippen molar-refractivity contribution in [3.8, 4) is 0 Å². The van der Waals surface area contributed by atoms with Crippen molar-refractivity contribution < 1.29 is 19.8 Å². The van der Waals surface area contributed by atoms with Gasteiger partial charge in [-0.2, -0.15) is 0 Å². The second-order valence-corrected chi connectivity index (χ2v) is 11.4. The van der Waals surface area contributed by atoms with Crippen molar-refractivity contribution in [2.45, 2.75) is 137 Å². The van der Waals surface area contributed by atoms with E-state index in [1.54, 1.807) is 0 Å². The van der Waals surface area contributed by atoms with Crippen molar-refractivity contribution in [3.05, 3.63) is 0 Å². The van der Waals surface area contributed by atoms with Crippen LogP contribution in [0.1, 0.15) is 137 Å². The number of unbranched alkanes of at least 4 members (excludes halogenated alkanes) is 8. The Morgan fingerprint density at radius 2 is 1.28 bits per heavy atom. The van der Waals surface area contributed by atoms with Gasteiger partial charge in [-0.1, -0.05) is 105 Å². The maximum Gasteiger partial charge on any atom is 0.309 e. The number of carboxylic acid groups (broad SMARTS) is 2. The van der Waals surface area contributed by atoms with Crippen LogP contribution in [-0.2, 0) is 9.59 Å². The average Bonchev–Trinajstić information content (AvgIpc) is 2.72. The van der Waals surface area contributed by atoms with Crippen LogP contribution in [0.25, 0.3) is 0 Å². The lowest BCUT2D eigenvalue weighted by molar-refractivity contribution is -0.161. The minimum absolute atomic E-state index is 0.00555. The molecule has 4 nitrogen and oxygen atoms in total. The molecule has 0 aromatic heterocycles. The molecule has 0 aliphatic heterocycles. The molecule has 1 aliphatic carbocycles. The van der Waals surface area contributed by atoms with Gasteiger partial charge < -0.3 is 10.2 Å². The Kier molecular flexibility index (Phi) is 14.2. The Hall–Kier alpha value is -1.06. The summed E-state index contributed by atoms with van der Waals surface area (Å²) in [5.41, 5.74) is -0.708. The van der Waals surface area contributed by atoms with E-state index >= 15 is 0 Å². The number of aliphatic carboxylic acids is 2. The van der Waals surface area contributed by atoms with E-state index in [4.69, 9.17) is 0 Å². The third-order valence-corrected chi connectivity index (χ3v) is 7.80. The summed E-state index contributed by atoms with van der Waals surface area (Å²) >= 11 is 0. The summed E-state index contributed by atoms with van der Waals surface area (Å²) < 4.78 is 0. The number of carboxylic acids is 2. The van der Waals surface area contributed by atoms with E-state index in [1.807, 2.05) is 0 Å². The molecule has 0 saturated heterocycles. The highest BCUT2D eigenvalue weighted by Gasteiger charge is 2.49. The quantitative estimate of drug-likeness (QED) is 0.205. The molecule has 0 aromatic rings. The molecule has 4 heteroatoms. The molecule has 0 spiro atoms. The zero-order valence-corrected chi connectivity index (χ0v) is 21.5. The third-order valence-electron chi connectivity index (χ3n) is 7.80. The summed E-state index contributed by atoms with van der Waals surface area (Å²) in [5.74, 6) is -0.296. The Balaban J connectivity index is 2.53. The predicted molar refractivity (Wildman–Crippen MR) is 133 cm³/mol. The fourth-order valence-electron chi connectivity index (χ4n) is 5.66. The first-order valence-electron chi connectivity index (χ1n) is 13.6. The molecule has 188 valence electrons. The Labute approximate surface area is 197 Å². The number of rotatable bonds is 18. The highest BCUT2D eigenvalue weighted by Crippen LogP contribution is 2.49. The highest BCUT2D eigenvalue weighted by atomic mass is 16.4. The molecule has 1 saturated carbocycles. The SMILES string of the molecule is CC(C)CCCCCCCCCC1CC(C(=O)O)CCC1(CCCCCC(C)C)C(=O)O. The van der Waals surface area contributed by atoms with Gasteiger partial charge >= 0.3 is 11.9 Å². The zero-order chi connectivity index (χ0) is 24.0. The summed E-state index contributed by atoms with van der Waals surface area (Å²) in [6, 6.07) is 0.